The Morgan fingerprint density at radius 3 is 2.79 bits per heavy atom. The van der Waals surface area contributed by atoms with Gasteiger partial charge in [0, 0.05) is 12.6 Å². The van der Waals surface area contributed by atoms with Crippen molar-refractivity contribution < 1.29 is 5.11 Å². The summed E-state index contributed by atoms with van der Waals surface area (Å²) < 4.78 is 0. The zero-order chi connectivity index (χ0) is 9.60. The molecule has 0 aromatic rings. The minimum Gasteiger partial charge on any atom is -0.388 e. The average molecular weight is 195 g/mol. The van der Waals surface area contributed by atoms with E-state index in [0.29, 0.717) is 6.04 Å². The standard InChI is InChI=1S/C12H21NO/c14-12(9-10-4-5-10)6-8-13-7-2-1-3-11(12)13/h10-11,14H,1-9H2. The third kappa shape index (κ3) is 1.49. The predicted octanol–water partition coefficient (Wildman–Crippen LogP) is 1.78. The van der Waals surface area contributed by atoms with Crippen LogP contribution in [0.5, 0.6) is 0 Å². The summed E-state index contributed by atoms with van der Waals surface area (Å²) in [5, 5.41) is 10.7. The van der Waals surface area contributed by atoms with Gasteiger partial charge in [0.15, 0.2) is 0 Å². The van der Waals surface area contributed by atoms with Gasteiger partial charge in [0.05, 0.1) is 5.60 Å². The van der Waals surface area contributed by atoms with Gasteiger partial charge < -0.3 is 5.11 Å². The van der Waals surface area contributed by atoms with Gasteiger partial charge in [-0.25, -0.2) is 0 Å². The van der Waals surface area contributed by atoms with Crippen molar-refractivity contribution in [3.63, 3.8) is 0 Å². The van der Waals surface area contributed by atoms with Crippen molar-refractivity contribution in [2.75, 3.05) is 13.1 Å². The quantitative estimate of drug-likeness (QED) is 0.726. The van der Waals surface area contributed by atoms with Crippen molar-refractivity contribution in [3.05, 3.63) is 0 Å². The second kappa shape index (κ2) is 3.21. The Bertz CT molecular complexity index is 226. The van der Waals surface area contributed by atoms with Crippen LogP contribution in [-0.4, -0.2) is 34.7 Å². The van der Waals surface area contributed by atoms with Crippen molar-refractivity contribution in [2.24, 2.45) is 5.92 Å². The summed E-state index contributed by atoms with van der Waals surface area (Å²) in [6, 6.07) is 0.511. The molecule has 0 bridgehead atoms. The van der Waals surface area contributed by atoms with Crippen molar-refractivity contribution >= 4 is 0 Å². The van der Waals surface area contributed by atoms with Gasteiger partial charge in [0.2, 0.25) is 0 Å². The fourth-order valence-electron chi connectivity index (χ4n) is 3.43. The van der Waals surface area contributed by atoms with Crippen molar-refractivity contribution in [3.8, 4) is 0 Å². The highest BCUT2D eigenvalue weighted by atomic mass is 16.3. The number of hydrogen-bond acceptors (Lipinski definition) is 2. The molecule has 14 heavy (non-hydrogen) atoms. The molecular formula is C12H21NO. The van der Waals surface area contributed by atoms with Gasteiger partial charge in [-0.05, 0) is 38.1 Å². The lowest BCUT2D eigenvalue weighted by molar-refractivity contribution is -0.0201. The second-order valence-corrected chi connectivity index (χ2v) is 5.55. The molecule has 0 aromatic heterocycles. The smallest absolute Gasteiger partial charge is 0.0817 e. The Morgan fingerprint density at radius 2 is 2.00 bits per heavy atom. The van der Waals surface area contributed by atoms with E-state index in [1.54, 1.807) is 0 Å². The Balaban J connectivity index is 1.71. The van der Waals surface area contributed by atoms with E-state index < -0.39 is 0 Å². The molecule has 2 saturated heterocycles. The summed E-state index contributed by atoms with van der Waals surface area (Å²) in [6.45, 7) is 2.38. The van der Waals surface area contributed by atoms with Crippen molar-refractivity contribution in [1.82, 2.24) is 4.90 Å². The van der Waals surface area contributed by atoms with Crippen LogP contribution < -0.4 is 0 Å². The minimum atomic E-state index is -0.304. The number of piperidine rings is 1. The molecule has 3 rings (SSSR count). The second-order valence-electron chi connectivity index (χ2n) is 5.55. The third-order valence-electron chi connectivity index (χ3n) is 4.40. The lowest BCUT2D eigenvalue weighted by atomic mass is 9.84. The van der Waals surface area contributed by atoms with E-state index in [4.69, 9.17) is 0 Å². The van der Waals surface area contributed by atoms with Gasteiger partial charge in [-0.3, -0.25) is 4.90 Å². The maximum Gasteiger partial charge on any atom is 0.0817 e. The molecule has 0 amide bonds. The molecule has 0 spiro atoms. The van der Waals surface area contributed by atoms with Crippen LogP contribution in [0.15, 0.2) is 0 Å². The number of aliphatic hydroxyl groups is 1. The Morgan fingerprint density at radius 1 is 1.14 bits per heavy atom. The van der Waals surface area contributed by atoms with Crippen LogP contribution in [0, 0.1) is 5.92 Å². The zero-order valence-corrected chi connectivity index (χ0v) is 8.91. The average Bonchev–Trinajstić information content (AvgIpc) is 2.93. The highest BCUT2D eigenvalue weighted by molar-refractivity contribution is 5.03. The van der Waals surface area contributed by atoms with E-state index in [1.807, 2.05) is 0 Å². The lowest BCUT2D eigenvalue weighted by Gasteiger charge is -2.37. The maximum absolute atomic E-state index is 10.7. The van der Waals surface area contributed by atoms with Gasteiger partial charge in [0.25, 0.3) is 0 Å². The lowest BCUT2D eigenvalue weighted by Crippen LogP contribution is -2.47. The predicted molar refractivity (Wildman–Crippen MR) is 56.1 cm³/mol. The minimum absolute atomic E-state index is 0.304. The summed E-state index contributed by atoms with van der Waals surface area (Å²) >= 11 is 0. The van der Waals surface area contributed by atoms with Gasteiger partial charge in [-0.2, -0.15) is 0 Å². The van der Waals surface area contributed by atoms with Gasteiger partial charge in [0.1, 0.15) is 0 Å². The van der Waals surface area contributed by atoms with Crippen LogP contribution in [0.2, 0.25) is 0 Å². The molecule has 80 valence electrons. The molecule has 2 heteroatoms. The largest absolute Gasteiger partial charge is 0.388 e. The molecular weight excluding hydrogens is 174 g/mol. The van der Waals surface area contributed by atoms with E-state index in [1.165, 1.54) is 38.6 Å². The van der Waals surface area contributed by atoms with Crippen LogP contribution in [0.1, 0.15) is 44.9 Å². The van der Waals surface area contributed by atoms with E-state index in [0.717, 1.165) is 25.3 Å². The van der Waals surface area contributed by atoms with Crippen LogP contribution >= 0.6 is 0 Å². The molecule has 2 atom stereocenters. The van der Waals surface area contributed by atoms with Gasteiger partial charge in [-0.15, -0.1) is 0 Å². The fourth-order valence-corrected chi connectivity index (χ4v) is 3.43. The van der Waals surface area contributed by atoms with E-state index >= 15 is 0 Å². The highest BCUT2D eigenvalue weighted by Gasteiger charge is 2.48. The van der Waals surface area contributed by atoms with Crippen molar-refractivity contribution in [2.45, 2.75) is 56.6 Å². The molecule has 2 unspecified atom stereocenters. The van der Waals surface area contributed by atoms with Crippen LogP contribution in [0.4, 0.5) is 0 Å². The molecule has 2 aliphatic heterocycles. The maximum atomic E-state index is 10.7. The first-order valence-electron chi connectivity index (χ1n) is 6.24. The first kappa shape index (κ1) is 9.17. The normalized spacial score (nSPS) is 43.9. The molecule has 2 nitrogen and oxygen atoms in total. The summed E-state index contributed by atoms with van der Waals surface area (Å²) in [5.74, 6) is 0.863. The van der Waals surface area contributed by atoms with Crippen LogP contribution in [0.3, 0.4) is 0 Å². The summed E-state index contributed by atoms with van der Waals surface area (Å²) in [7, 11) is 0. The number of rotatable bonds is 2. The van der Waals surface area contributed by atoms with E-state index in [-0.39, 0.29) is 5.60 Å². The SMILES string of the molecule is OC1(CC2CC2)CCN2CCCCC21. The van der Waals surface area contributed by atoms with Crippen LogP contribution in [0.25, 0.3) is 0 Å². The number of fused-ring (bicyclic) bond motifs is 1. The molecule has 0 radical (unpaired) electrons. The Labute approximate surface area is 86.3 Å². The van der Waals surface area contributed by atoms with E-state index in [9.17, 15) is 5.11 Å². The summed E-state index contributed by atoms with van der Waals surface area (Å²) in [4.78, 5) is 2.53. The first-order valence-corrected chi connectivity index (χ1v) is 6.24. The van der Waals surface area contributed by atoms with Crippen LogP contribution in [-0.2, 0) is 0 Å². The summed E-state index contributed by atoms with van der Waals surface area (Å²) in [6.07, 6.45) is 8.78. The Hall–Kier alpha value is -0.0800. The zero-order valence-electron chi connectivity index (χ0n) is 8.91. The van der Waals surface area contributed by atoms with Crippen molar-refractivity contribution in [1.29, 1.82) is 0 Å². The molecule has 1 aliphatic carbocycles. The molecule has 3 fully saturated rings. The molecule has 0 aromatic carbocycles. The number of nitrogens with zero attached hydrogens (tertiary/aromatic N) is 1. The topological polar surface area (TPSA) is 23.5 Å². The third-order valence-corrected chi connectivity index (χ3v) is 4.40. The van der Waals surface area contributed by atoms with Gasteiger partial charge >= 0.3 is 0 Å². The highest BCUT2D eigenvalue weighted by Crippen LogP contribution is 2.44. The number of hydrogen-bond donors (Lipinski definition) is 1. The van der Waals surface area contributed by atoms with E-state index in [2.05, 4.69) is 4.90 Å². The van der Waals surface area contributed by atoms with Gasteiger partial charge in [-0.1, -0.05) is 19.3 Å². The molecule has 1 saturated carbocycles. The monoisotopic (exact) mass is 195 g/mol. The molecule has 2 heterocycles. The molecule has 1 N–H and O–H groups in total. The fraction of sp³-hybridized carbons (Fsp3) is 1.00. The summed E-state index contributed by atoms with van der Waals surface area (Å²) in [5.41, 5.74) is -0.304. The Kier molecular flexibility index (Phi) is 2.10. The first-order chi connectivity index (χ1) is 6.78. The molecule has 3 aliphatic rings.